The summed E-state index contributed by atoms with van der Waals surface area (Å²) in [6.07, 6.45) is 1.09. The van der Waals surface area contributed by atoms with Crippen molar-refractivity contribution in [3.63, 3.8) is 0 Å². The van der Waals surface area contributed by atoms with Gasteiger partial charge in [0.1, 0.15) is 11.2 Å². The van der Waals surface area contributed by atoms with Gasteiger partial charge in [-0.1, -0.05) is 188 Å². The molecule has 1 aromatic heterocycles. The molecule has 1 heteroatoms. The molecule has 0 bridgehead atoms. The average Bonchev–Trinajstić information content (AvgIpc) is 3.71. The van der Waals surface area contributed by atoms with Crippen LogP contribution < -0.4 is 0 Å². The third-order valence-electron chi connectivity index (χ3n) is 11.8. The lowest BCUT2D eigenvalue weighted by atomic mass is 9.81. The number of rotatable bonds is 2. The summed E-state index contributed by atoms with van der Waals surface area (Å²) in [5.74, 6) is 0. The fourth-order valence-electron chi connectivity index (χ4n) is 8.53. The summed E-state index contributed by atoms with van der Waals surface area (Å²) in [6.45, 7) is 22.0. The molecule has 9 aromatic rings. The van der Waals surface area contributed by atoms with Gasteiger partial charge in [-0.05, 0) is 134 Å². The van der Waals surface area contributed by atoms with Gasteiger partial charge in [0.05, 0.1) is 0 Å². The molecule has 0 spiro atoms. The Balaban J connectivity index is 0.000000126. The topological polar surface area (TPSA) is 13.1 Å². The summed E-state index contributed by atoms with van der Waals surface area (Å²) in [5, 5.41) is 5.18. The SMILES string of the molecule is CCc1ccc(C)cc1-c1cc(C)ccc1C.Cc1ccc2c(c1)C(C)(C)c1cc(C)c3ccccc3c1-2.Cc1ccc2oc3ccccc3c2c1.Cc1ccccc1. The summed E-state index contributed by atoms with van der Waals surface area (Å²) in [7, 11) is 0. The van der Waals surface area contributed by atoms with E-state index in [1.54, 1.807) is 0 Å². The highest BCUT2D eigenvalue weighted by atomic mass is 16.3. The molecule has 0 N–H and O–H groups in total. The molecule has 10 rings (SSSR count). The van der Waals surface area contributed by atoms with Crippen LogP contribution in [0.1, 0.15) is 76.4 Å². The van der Waals surface area contributed by atoms with Crippen molar-refractivity contribution in [1.82, 2.24) is 0 Å². The number of benzene rings is 8. The van der Waals surface area contributed by atoms with E-state index in [0.717, 1.165) is 17.6 Å². The third-order valence-corrected chi connectivity index (χ3v) is 11.8. The molecule has 8 aromatic carbocycles. The second kappa shape index (κ2) is 17.4. The van der Waals surface area contributed by atoms with E-state index in [1.807, 2.05) is 42.5 Å². The van der Waals surface area contributed by atoms with Crippen LogP contribution in [0.5, 0.6) is 0 Å². The molecule has 0 saturated heterocycles. The zero-order valence-electron chi connectivity index (χ0n) is 36.6. The quantitative estimate of drug-likeness (QED) is 0.171. The Labute approximate surface area is 352 Å². The van der Waals surface area contributed by atoms with E-state index in [4.69, 9.17) is 4.42 Å². The number of furan rings is 1. The van der Waals surface area contributed by atoms with Crippen LogP contribution in [0.4, 0.5) is 0 Å². The Kier molecular flexibility index (Phi) is 12.1. The molecule has 1 nitrogen and oxygen atoms in total. The van der Waals surface area contributed by atoms with Crippen LogP contribution in [0.25, 0.3) is 55.0 Å². The highest BCUT2D eigenvalue weighted by Gasteiger charge is 2.36. The van der Waals surface area contributed by atoms with E-state index in [-0.39, 0.29) is 5.41 Å². The van der Waals surface area contributed by atoms with Crippen molar-refractivity contribution in [2.45, 2.75) is 81.1 Å². The highest BCUT2D eigenvalue weighted by Crippen LogP contribution is 2.52. The van der Waals surface area contributed by atoms with Crippen molar-refractivity contribution in [2.75, 3.05) is 0 Å². The van der Waals surface area contributed by atoms with Crippen LogP contribution in [-0.4, -0.2) is 0 Å². The maximum Gasteiger partial charge on any atom is 0.135 e. The van der Waals surface area contributed by atoms with Crippen LogP contribution in [0.3, 0.4) is 0 Å². The van der Waals surface area contributed by atoms with Crippen molar-refractivity contribution in [3.8, 4) is 22.3 Å². The molecular formula is C58H58O. The number of fused-ring (bicyclic) bond motifs is 8. The first-order chi connectivity index (χ1) is 28.3. The van der Waals surface area contributed by atoms with Gasteiger partial charge >= 0.3 is 0 Å². The van der Waals surface area contributed by atoms with Gasteiger partial charge in [-0.25, -0.2) is 0 Å². The molecule has 1 aliphatic rings. The monoisotopic (exact) mass is 770 g/mol. The first-order valence-electron chi connectivity index (χ1n) is 21.1. The minimum Gasteiger partial charge on any atom is -0.456 e. The first kappa shape index (κ1) is 41.0. The largest absolute Gasteiger partial charge is 0.456 e. The summed E-state index contributed by atoms with van der Waals surface area (Å²) in [5.41, 5.74) is 21.4. The van der Waals surface area contributed by atoms with Gasteiger partial charge in [0, 0.05) is 16.2 Å². The molecular weight excluding hydrogens is 713 g/mol. The summed E-state index contributed by atoms with van der Waals surface area (Å²) >= 11 is 0. The van der Waals surface area contributed by atoms with Crippen LogP contribution in [0.15, 0.2) is 162 Å². The molecule has 0 amide bonds. The Morgan fingerprint density at radius 2 is 0.949 bits per heavy atom. The van der Waals surface area contributed by atoms with Crippen molar-refractivity contribution in [2.24, 2.45) is 0 Å². The van der Waals surface area contributed by atoms with E-state index in [2.05, 4.69) is 184 Å². The Morgan fingerprint density at radius 1 is 0.390 bits per heavy atom. The lowest BCUT2D eigenvalue weighted by molar-refractivity contribution is 0.659. The first-order valence-corrected chi connectivity index (χ1v) is 21.1. The van der Waals surface area contributed by atoms with E-state index in [0.29, 0.717) is 0 Å². The molecule has 1 aliphatic carbocycles. The molecule has 1 heterocycles. The lowest BCUT2D eigenvalue weighted by Gasteiger charge is -2.22. The molecule has 0 unspecified atom stereocenters. The summed E-state index contributed by atoms with van der Waals surface area (Å²) in [4.78, 5) is 0. The van der Waals surface area contributed by atoms with Crippen LogP contribution in [0.2, 0.25) is 0 Å². The summed E-state index contributed by atoms with van der Waals surface area (Å²) in [6, 6.07) is 56.2. The molecule has 59 heavy (non-hydrogen) atoms. The second-order valence-electron chi connectivity index (χ2n) is 16.9. The fourth-order valence-corrected chi connectivity index (χ4v) is 8.53. The molecule has 0 aliphatic heterocycles. The van der Waals surface area contributed by atoms with E-state index < -0.39 is 0 Å². The van der Waals surface area contributed by atoms with Crippen molar-refractivity contribution >= 4 is 32.7 Å². The maximum atomic E-state index is 5.71. The third kappa shape index (κ3) is 8.67. The van der Waals surface area contributed by atoms with Crippen LogP contribution >= 0.6 is 0 Å². The van der Waals surface area contributed by atoms with E-state index in [9.17, 15) is 0 Å². The number of hydrogen-bond acceptors (Lipinski definition) is 1. The zero-order chi connectivity index (χ0) is 41.8. The highest BCUT2D eigenvalue weighted by molar-refractivity contribution is 6.05. The van der Waals surface area contributed by atoms with Gasteiger partial charge in [-0.15, -0.1) is 0 Å². The predicted molar refractivity (Wildman–Crippen MR) is 256 cm³/mol. The molecule has 0 radical (unpaired) electrons. The lowest BCUT2D eigenvalue weighted by Crippen LogP contribution is -2.15. The zero-order valence-corrected chi connectivity index (χ0v) is 36.6. The Bertz CT molecular complexity index is 2900. The average molecular weight is 771 g/mol. The Morgan fingerprint density at radius 3 is 1.64 bits per heavy atom. The normalized spacial score (nSPS) is 12.1. The Hall–Kier alpha value is -6.18. The summed E-state index contributed by atoms with van der Waals surface area (Å²) < 4.78 is 5.71. The molecule has 296 valence electrons. The number of hydrogen-bond donors (Lipinski definition) is 0. The maximum absolute atomic E-state index is 5.71. The minimum atomic E-state index is 0.0888. The van der Waals surface area contributed by atoms with Crippen molar-refractivity contribution in [1.29, 1.82) is 0 Å². The fraction of sp³-hybridized carbons (Fsp3) is 0.207. The van der Waals surface area contributed by atoms with E-state index >= 15 is 0 Å². The number of para-hydroxylation sites is 1. The standard InChI is InChI=1S/C21H20.C17H20.C13H10O.C7H8/c1-13-9-10-17-18(11-13)21(3,4)19-12-14(2)15-7-5-6-8-16(15)20(17)19;1-5-15-9-7-13(3)11-17(15)16-10-12(2)6-8-14(16)4;1-9-6-7-13-11(8-9)10-4-2-3-5-12(10)14-13;1-7-5-3-2-4-6-7/h5-12H,1-4H3;6-11H,5H2,1-4H3;2-8H,1H3;2-6H,1H3. The molecule has 0 atom stereocenters. The van der Waals surface area contributed by atoms with Crippen LogP contribution in [0, 0.1) is 48.5 Å². The smallest absolute Gasteiger partial charge is 0.135 e. The van der Waals surface area contributed by atoms with Crippen LogP contribution in [-0.2, 0) is 11.8 Å². The second-order valence-corrected chi connectivity index (χ2v) is 16.9. The molecule has 0 saturated carbocycles. The van der Waals surface area contributed by atoms with Gasteiger partial charge in [0.15, 0.2) is 0 Å². The van der Waals surface area contributed by atoms with Gasteiger partial charge in [-0.3, -0.25) is 0 Å². The van der Waals surface area contributed by atoms with Gasteiger partial charge in [0.2, 0.25) is 0 Å². The van der Waals surface area contributed by atoms with Crippen molar-refractivity contribution < 1.29 is 4.42 Å². The minimum absolute atomic E-state index is 0.0888. The van der Waals surface area contributed by atoms with Gasteiger partial charge < -0.3 is 4.42 Å². The molecule has 0 fully saturated rings. The van der Waals surface area contributed by atoms with Crippen molar-refractivity contribution in [3.05, 3.63) is 213 Å². The van der Waals surface area contributed by atoms with E-state index in [1.165, 1.54) is 99.4 Å². The number of aryl methyl sites for hydroxylation is 8. The van der Waals surface area contributed by atoms with Gasteiger partial charge in [-0.2, -0.15) is 0 Å². The van der Waals surface area contributed by atoms with Gasteiger partial charge in [0.25, 0.3) is 0 Å². The predicted octanol–water partition coefficient (Wildman–Crippen LogP) is 16.5.